The summed E-state index contributed by atoms with van der Waals surface area (Å²) in [6.45, 7) is 0.192. The highest BCUT2D eigenvalue weighted by Gasteiger charge is 2.35. The Balaban J connectivity index is 1.55. The summed E-state index contributed by atoms with van der Waals surface area (Å²) in [6, 6.07) is 21.0. The number of benzene rings is 3. The largest absolute Gasteiger partial charge is 0.493 e. The predicted octanol–water partition coefficient (Wildman–Crippen LogP) is 5.91. The smallest absolute Gasteiger partial charge is 0.343 e. The van der Waals surface area contributed by atoms with Gasteiger partial charge in [-0.1, -0.05) is 52.3 Å². The van der Waals surface area contributed by atoms with Gasteiger partial charge in [-0.05, 0) is 65.4 Å². The zero-order chi connectivity index (χ0) is 23.4. The normalized spacial score (nSPS) is 14.6. The molecule has 0 aromatic heterocycles. The molecule has 0 radical (unpaired) electrons. The minimum absolute atomic E-state index is 0.192. The summed E-state index contributed by atoms with van der Waals surface area (Å²) >= 11 is 4.25. The van der Waals surface area contributed by atoms with Gasteiger partial charge in [0.15, 0.2) is 11.5 Å². The lowest BCUT2D eigenvalue weighted by Crippen LogP contribution is -2.27. The molecule has 0 aliphatic carbocycles. The van der Waals surface area contributed by atoms with Gasteiger partial charge >= 0.3 is 5.97 Å². The fourth-order valence-electron chi connectivity index (χ4n) is 3.16. The average Bonchev–Trinajstić information content (AvgIpc) is 3.08. The van der Waals surface area contributed by atoms with Gasteiger partial charge in [-0.3, -0.25) is 14.5 Å². The van der Waals surface area contributed by atoms with E-state index in [1.807, 2.05) is 30.3 Å². The molecule has 33 heavy (non-hydrogen) atoms. The highest BCUT2D eigenvalue weighted by atomic mass is 79.9. The number of halogens is 1. The molecular formula is C25H18BrNO5S. The number of hydrogen-bond donors (Lipinski definition) is 0. The number of imide groups is 1. The maximum absolute atomic E-state index is 12.9. The molecule has 1 fully saturated rings. The number of esters is 1. The molecule has 8 heteroatoms. The van der Waals surface area contributed by atoms with Gasteiger partial charge in [-0.25, -0.2) is 4.79 Å². The zero-order valence-corrected chi connectivity index (χ0v) is 19.9. The maximum atomic E-state index is 12.9. The number of ether oxygens (including phenoxy) is 2. The first-order valence-corrected chi connectivity index (χ1v) is 11.5. The van der Waals surface area contributed by atoms with Crippen LogP contribution in [0.5, 0.6) is 11.5 Å². The summed E-state index contributed by atoms with van der Waals surface area (Å²) in [5.74, 6) is -0.304. The monoisotopic (exact) mass is 523 g/mol. The second-order valence-corrected chi connectivity index (χ2v) is 8.97. The first-order chi connectivity index (χ1) is 15.9. The maximum Gasteiger partial charge on any atom is 0.343 e. The molecular weight excluding hydrogens is 506 g/mol. The Bertz CT molecular complexity index is 1240. The van der Waals surface area contributed by atoms with Crippen LogP contribution < -0.4 is 9.47 Å². The second kappa shape index (κ2) is 10.1. The van der Waals surface area contributed by atoms with Crippen molar-refractivity contribution >= 4 is 50.9 Å². The highest BCUT2D eigenvalue weighted by molar-refractivity contribution is 9.10. The van der Waals surface area contributed by atoms with E-state index in [0.717, 1.165) is 21.8 Å². The van der Waals surface area contributed by atoms with Gasteiger partial charge in [-0.2, -0.15) is 0 Å². The Hall–Kier alpha value is -3.36. The van der Waals surface area contributed by atoms with Gasteiger partial charge < -0.3 is 9.47 Å². The van der Waals surface area contributed by atoms with Crippen LogP contribution in [0.4, 0.5) is 4.79 Å². The van der Waals surface area contributed by atoms with Crippen LogP contribution in [-0.4, -0.2) is 29.1 Å². The lowest BCUT2D eigenvalue weighted by Gasteiger charge is -2.12. The molecule has 0 spiro atoms. The third-order valence-corrected chi connectivity index (χ3v) is 6.26. The van der Waals surface area contributed by atoms with Crippen molar-refractivity contribution in [3.05, 3.63) is 98.9 Å². The molecule has 1 aliphatic heterocycles. The minimum Gasteiger partial charge on any atom is -0.493 e. The number of carbonyl (C=O) groups is 3. The Morgan fingerprint density at radius 1 is 1.00 bits per heavy atom. The molecule has 3 aromatic carbocycles. The number of carbonyl (C=O) groups excluding carboxylic acids is 3. The summed E-state index contributed by atoms with van der Waals surface area (Å²) in [6.07, 6.45) is 1.60. The number of rotatable bonds is 6. The third-order valence-electron chi connectivity index (χ3n) is 4.83. The van der Waals surface area contributed by atoms with Crippen LogP contribution in [0.3, 0.4) is 0 Å². The molecule has 2 amide bonds. The average molecular weight is 524 g/mol. The van der Waals surface area contributed by atoms with Gasteiger partial charge in [0.25, 0.3) is 11.1 Å². The van der Waals surface area contributed by atoms with E-state index in [4.69, 9.17) is 9.47 Å². The Kier molecular flexibility index (Phi) is 6.96. The molecule has 166 valence electrons. The highest BCUT2D eigenvalue weighted by Crippen LogP contribution is 2.35. The van der Waals surface area contributed by atoms with Crippen molar-refractivity contribution < 1.29 is 23.9 Å². The fraction of sp³-hybridized carbons (Fsp3) is 0.0800. The van der Waals surface area contributed by atoms with Crippen molar-refractivity contribution in [3.8, 4) is 11.5 Å². The first kappa shape index (κ1) is 22.8. The molecule has 0 bridgehead atoms. The summed E-state index contributed by atoms with van der Waals surface area (Å²) in [7, 11) is 1.47. The second-order valence-electron chi connectivity index (χ2n) is 7.06. The van der Waals surface area contributed by atoms with E-state index in [9.17, 15) is 14.4 Å². The quantitative estimate of drug-likeness (QED) is 0.227. The standard InChI is InChI=1S/C25H18BrNO5S/c1-31-20-12-9-17(13-21(20)32-24(29)18-5-3-2-4-6-18)14-22-23(28)27(25(30)33-22)15-16-7-10-19(26)11-8-16/h2-14H,15H2,1H3/b22-14-. The Morgan fingerprint density at radius 2 is 1.73 bits per heavy atom. The van der Waals surface area contributed by atoms with E-state index in [1.54, 1.807) is 48.5 Å². The SMILES string of the molecule is COc1ccc(/C=C2\SC(=O)N(Cc3ccc(Br)cc3)C2=O)cc1OC(=O)c1ccccc1. The van der Waals surface area contributed by atoms with Crippen LogP contribution in [-0.2, 0) is 11.3 Å². The van der Waals surface area contributed by atoms with Crippen LogP contribution in [0.1, 0.15) is 21.5 Å². The molecule has 0 saturated carbocycles. The molecule has 0 unspecified atom stereocenters. The fourth-order valence-corrected chi connectivity index (χ4v) is 4.26. The lowest BCUT2D eigenvalue weighted by atomic mass is 10.1. The van der Waals surface area contributed by atoms with Gasteiger partial charge in [-0.15, -0.1) is 0 Å². The van der Waals surface area contributed by atoms with Crippen LogP contribution in [0.2, 0.25) is 0 Å². The van der Waals surface area contributed by atoms with Crippen LogP contribution in [0.25, 0.3) is 6.08 Å². The Labute approximate surface area is 203 Å². The number of nitrogens with zero attached hydrogens (tertiary/aromatic N) is 1. The van der Waals surface area contributed by atoms with E-state index in [2.05, 4.69) is 15.9 Å². The van der Waals surface area contributed by atoms with Gasteiger partial charge in [0.1, 0.15) is 0 Å². The molecule has 0 N–H and O–H groups in total. The van der Waals surface area contributed by atoms with E-state index in [1.165, 1.54) is 12.0 Å². The van der Waals surface area contributed by atoms with Gasteiger partial charge in [0.05, 0.1) is 24.1 Å². The lowest BCUT2D eigenvalue weighted by molar-refractivity contribution is -0.123. The topological polar surface area (TPSA) is 72.9 Å². The molecule has 6 nitrogen and oxygen atoms in total. The van der Waals surface area contributed by atoms with Crippen molar-refractivity contribution in [2.75, 3.05) is 7.11 Å². The molecule has 3 aromatic rings. The number of amides is 2. The molecule has 1 heterocycles. The molecule has 1 aliphatic rings. The van der Waals surface area contributed by atoms with Crippen molar-refractivity contribution in [1.29, 1.82) is 0 Å². The number of methoxy groups -OCH3 is 1. The van der Waals surface area contributed by atoms with Crippen LogP contribution in [0, 0.1) is 0 Å². The van der Waals surface area contributed by atoms with Crippen molar-refractivity contribution in [3.63, 3.8) is 0 Å². The van der Waals surface area contributed by atoms with Crippen LogP contribution in [0.15, 0.2) is 82.2 Å². The minimum atomic E-state index is -0.527. The van der Waals surface area contributed by atoms with Crippen molar-refractivity contribution in [1.82, 2.24) is 4.90 Å². The van der Waals surface area contributed by atoms with E-state index in [-0.39, 0.29) is 23.4 Å². The van der Waals surface area contributed by atoms with E-state index >= 15 is 0 Å². The summed E-state index contributed by atoms with van der Waals surface area (Å²) in [5.41, 5.74) is 1.85. The zero-order valence-electron chi connectivity index (χ0n) is 17.5. The first-order valence-electron chi connectivity index (χ1n) is 9.89. The van der Waals surface area contributed by atoms with E-state index < -0.39 is 5.97 Å². The molecule has 0 atom stereocenters. The number of thioether (sulfide) groups is 1. The van der Waals surface area contributed by atoms with Crippen LogP contribution >= 0.6 is 27.7 Å². The summed E-state index contributed by atoms with van der Waals surface area (Å²) in [4.78, 5) is 39.3. The van der Waals surface area contributed by atoms with Gasteiger partial charge in [0, 0.05) is 4.47 Å². The number of hydrogen-bond acceptors (Lipinski definition) is 6. The molecule has 1 saturated heterocycles. The van der Waals surface area contributed by atoms with E-state index in [0.29, 0.717) is 21.8 Å². The summed E-state index contributed by atoms with van der Waals surface area (Å²) < 4.78 is 11.7. The third kappa shape index (κ3) is 5.35. The summed E-state index contributed by atoms with van der Waals surface area (Å²) in [5, 5.41) is -0.335. The van der Waals surface area contributed by atoms with Crippen molar-refractivity contribution in [2.45, 2.75) is 6.54 Å². The molecule has 4 rings (SSSR count). The van der Waals surface area contributed by atoms with Gasteiger partial charge in [0.2, 0.25) is 0 Å². The Morgan fingerprint density at radius 3 is 2.42 bits per heavy atom. The predicted molar refractivity (Wildman–Crippen MR) is 130 cm³/mol. The van der Waals surface area contributed by atoms with Crippen molar-refractivity contribution in [2.24, 2.45) is 0 Å².